The number of rotatable bonds is 6. The Bertz CT molecular complexity index is 1290. The second-order valence-electron chi connectivity index (χ2n) is 7.62. The molecule has 6 nitrogen and oxygen atoms in total. The molecule has 0 fully saturated rings. The highest BCUT2D eigenvalue weighted by atomic mass is 32.2. The van der Waals surface area contributed by atoms with Gasteiger partial charge in [0.2, 0.25) is 5.88 Å². The minimum atomic E-state index is -4.73. The van der Waals surface area contributed by atoms with Crippen LogP contribution in [-0.4, -0.2) is 25.6 Å². The number of aromatic nitrogens is 1. The van der Waals surface area contributed by atoms with E-state index in [4.69, 9.17) is 4.74 Å². The first kappa shape index (κ1) is 24.2. The average molecular weight is 478 g/mol. The van der Waals surface area contributed by atoms with Crippen LogP contribution in [-0.2, 0) is 16.0 Å². The van der Waals surface area contributed by atoms with Crippen molar-refractivity contribution in [1.82, 2.24) is 4.98 Å². The number of anilines is 1. The summed E-state index contributed by atoms with van der Waals surface area (Å²) in [6.45, 7) is 3.84. The van der Waals surface area contributed by atoms with Crippen molar-refractivity contribution in [1.29, 1.82) is 0 Å². The van der Waals surface area contributed by atoms with Gasteiger partial charge in [0, 0.05) is 18.1 Å². The molecule has 3 aromatic rings. The average Bonchev–Trinajstić information content (AvgIpc) is 2.73. The predicted octanol–water partition coefficient (Wildman–Crippen LogP) is 5.67. The van der Waals surface area contributed by atoms with Gasteiger partial charge in [-0.3, -0.25) is 4.79 Å². The third-order valence-electron chi connectivity index (χ3n) is 4.69. The maximum atomic E-state index is 13.3. The maximum absolute atomic E-state index is 13.3. The third-order valence-corrected chi connectivity index (χ3v) is 5.80. The fourth-order valence-electron chi connectivity index (χ4n) is 3.01. The molecule has 0 aliphatic carbocycles. The van der Waals surface area contributed by atoms with Gasteiger partial charge in [-0.25, -0.2) is 13.4 Å². The standard InChI is InChI=1S/C23H21F3N2O4S/c1-14(2)18-9-4-5-10-20(18)32-22-19(11-15(13-27-22)23(24,25)26)21(29)28-16-7-6-8-17(12-16)33(3,30)31/h4-14H,1-3H3,(H,28,29). The molecule has 33 heavy (non-hydrogen) atoms. The molecular weight excluding hydrogens is 457 g/mol. The lowest BCUT2D eigenvalue weighted by Gasteiger charge is -2.16. The molecular formula is C23H21F3N2O4S. The van der Waals surface area contributed by atoms with E-state index >= 15 is 0 Å². The van der Waals surface area contributed by atoms with Crippen molar-refractivity contribution in [3.8, 4) is 11.6 Å². The number of nitrogens with one attached hydrogen (secondary N) is 1. The van der Waals surface area contributed by atoms with Crippen LogP contribution in [0.5, 0.6) is 11.6 Å². The Kier molecular flexibility index (Phi) is 6.78. The fourth-order valence-corrected chi connectivity index (χ4v) is 3.68. The van der Waals surface area contributed by atoms with Crippen molar-refractivity contribution in [3.63, 3.8) is 0 Å². The van der Waals surface area contributed by atoms with E-state index in [1.807, 2.05) is 13.8 Å². The van der Waals surface area contributed by atoms with Crippen molar-refractivity contribution in [2.75, 3.05) is 11.6 Å². The van der Waals surface area contributed by atoms with Gasteiger partial charge in [-0.05, 0) is 41.8 Å². The van der Waals surface area contributed by atoms with Crippen molar-refractivity contribution in [2.45, 2.75) is 30.8 Å². The minimum absolute atomic E-state index is 0.0478. The van der Waals surface area contributed by atoms with Gasteiger partial charge in [-0.2, -0.15) is 13.2 Å². The lowest BCUT2D eigenvalue weighted by atomic mass is 10.0. The summed E-state index contributed by atoms with van der Waals surface area (Å²) < 4.78 is 69.2. The summed E-state index contributed by atoms with van der Waals surface area (Å²) in [6, 6.07) is 13.0. The molecule has 0 aliphatic heterocycles. The number of nitrogens with zero attached hydrogens (tertiary/aromatic N) is 1. The Morgan fingerprint density at radius 1 is 1.06 bits per heavy atom. The second-order valence-corrected chi connectivity index (χ2v) is 9.64. The number of benzene rings is 2. The Morgan fingerprint density at radius 3 is 2.39 bits per heavy atom. The summed E-state index contributed by atoms with van der Waals surface area (Å²) >= 11 is 0. The number of pyridine rings is 1. The normalized spacial score (nSPS) is 12.0. The van der Waals surface area contributed by atoms with Crippen LogP contribution in [0.1, 0.15) is 41.3 Å². The van der Waals surface area contributed by atoms with E-state index in [1.165, 1.54) is 24.3 Å². The van der Waals surface area contributed by atoms with Crippen LogP contribution in [0.3, 0.4) is 0 Å². The van der Waals surface area contributed by atoms with Gasteiger partial charge >= 0.3 is 6.18 Å². The highest BCUT2D eigenvalue weighted by molar-refractivity contribution is 7.90. The molecule has 0 spiro atoms. The molecule has 1 N–H and O–H groups in total. The van der Waals surface area contributed by atoms with Crippen LogP contribution >= 0.6 is 0 Å². The largest absolute Gasteiger partial charge is 0.438 e. The fraction of sp³-hybridized carbons (Fsp3) is 0.217. The number of hydrogen-bond acceptors (Lipinski definition) is 5. The number of alkyl halides is 3. The van der Waals surface area contributed by atoms with E-state index in [9.17, 15) is 26.4 Å². The highest BCUT2D eigenvalue weighted by Gasteiger charge is 2.33. The van der Waals surface area contributed by atoms with E-state index in [2.05, 4.69) is 10.3 Å². The smallest absolute Gasteiger partial charge is 0.417 e. The first-order chi connectivity index (χ1) is 15.4. The second kappa shape index (κ2) is 9.22. The molecule has 0 bridgehead atoms. The zero-order valence-electron chi connectivity index (χ0n) is 18.0. The van der Waals surface area contributed by atoms with Crippen molar-refractivity contribution < 1.29 is 31.1 Å². The molecule has 0 unspecified atom stereocenters. The van der Waals surface area contributed by atoms with Gasteiger partial charge in [0.25, 0.3) is 5.91 Å². The number of para-hydroxylation sites is 1. The Morgan fingerprint density at radius 2 is 1.76 bits per heavy atom. The molecule has 3 rings (SSSR count). The molecule has 0 atom stereocenters. The summed E-state index contributed by atoms with van der Waals surface area (Å²) in [4.78, 5) is 16.6. The van der Waals surface area contributed by atoms with E-state index in [0.717, 1.165) is 11.8 Å². The van der Waals surface area contributed by atoms with Crippen LogP contribution in [0.25, 0.3) is 0 Å². The van der Waals surface area contributed by atoms with Crippen molar-refractivity contribution >= 4 is 21.4 Å². The third kappa shape index (κ3) is 5.89. The monoisotopic (exact) mass is 478 g/mol. The summed E-state index contributed by atoms with van der Waals surface area (Å²) in [7, 11) is -3.55. The lowest BCUT2D eigenvalue weighted by Crippen LogP contribution is -2.16. The minimum Gasteiger partial charge on any atom is -0.438 e. The van der Waals surface area contributed by atoms with Gasteiger partial charge in [0.1, 0.15) is 11.3 Å². The summed E-state index contributed by atoms with van der Waals surface area (Å²) in [5, 5.41) is 2.42. The van der Waals surface area contributed by atoms with Crippen LogP contribution < -0.4 is 10.1 Å². The predicted molar refractivity (Wildman–Crippen MR) is 117 cm³/mol. The number of amides is 1. The first-order valence-electron chi connectivity index (χ1n) is 9.81. The number of hydrogen-bond donors (Lipinski definition) is 1. The summed E-state index contributed by atoms with van der Waals surface area (Å²) in [6.07, 6.45) is -3.14. The molecule has 1 aromatic heterocycles. The number of carbonyl (C=O) groups is 1. The molecule has 174 valence electrons. The van der Waals surface area contributed by atoms with Gasteiger partial charge in [0.05, 0.1) is 10.5 Å². The molecule has 0 saturated carbocycles. The molecule has 2 aromatic carbocycles. The Hall–Kier alpha value is -3.40. The quantitative estimate of drug-likeness (QED) is 0.493. The maximum Gasteiger partial charge on any atom is 0.417 e. The van der Waals surface area contributed by atoms with Crippen LogP contribution in [0.4, 0.5) is 18.9 Å². The number of halogens is 3. The topological polar surface area (TPSA) is 85.4 Å². The van der Waals surface area contributed by atoms with Crippen molar-refractivity contribution in [2.24, 2.45) is 0 Å². The van der Waals surface area contributed by atoms with E-state index in [-0.39, 0.29) is 22.4 Å². The number of carbonyl (C=O) groups excluding carboxylic acids is 1. The summed E-state index contributed by atoms with van der Waals surface area (Å²) in [5.41, 5.74) is -0.699. The van der Waals surface area contributed by atoms with Crippen molar-refractivity contribution in [3.05, 3.63) is 77.5 Å². The molecule has 1 amide bonds. The van der Waals surface area contributed by atoms with Gasteiger partial charge in [-0.15, -0.1) is 0 Å². The molecule has 0 saturated heterocycles. The zero-order chi connectivity index (χ0) is 24.4. The number of ether oxygens (including phenoxy) is 1. The first-order valence-corrected chi connectivity index (χ1v) is 11.7. The van der Waals surface area contributed by atoms with Crippen LogP contribution in [0.2, 0.25) is 0 Å². The molecule has 10 heteroatoms. The lowest BCUT2D eigenvalue weighted by molar-refractivity contribution is -0.137. The Balaban J connectivity index is 2.03. The molecule has 1 heterocycles. The molecule has 0 aliphatic rings. The summed E-state index contributed by atoms with van der Waals surface area (Å²) in [5.74, 6) is -0.844. The van der Waals surface area contributed by atoms with Crippen LogP contribution in [0.15, 0.2) is 65.7 Å². The molecule has 0 radical (unpaired) electrons. The van der Waals surface area contributed by atoms with Gasteiger partial charge < -0.3 is 10.1 Å². The van der Waals surface area contributed by atoms with E-state index in [0.29, 0.717) is 18.0 Å². The van der Waals surface area contributed by atoms with Gasteiger partial charge in [-0.1, -0.05) is 38.1 Å². The Labute approximate surface area is 189 Å². The SMILES string of the molecule is CC(C)c1ccccc1Oc1ncc(C(F)(F)F)cc1C(=O)Nc1cccc(S(C)(=O)=O)c1. The van der Waals surface area contributed by atoms with Crippen LogP contribution in [0, 0.1) is 0 Å². The number of sulfone groups is 1. The highest BCUT2D eigenvalue weighted by Crippen LogP contribution is 2.35. The zero-order valence-corrected chi connectivity index (χ0v) is 18.8. The van der Waals surface area contributed by atoms with E-state index < -0.39 is 33.0 Å². The van der Waals surface area contributed by atoms with E-state index in [1.54, 1.807) is 24.3 Å². The van der Waals surface area contributed by atoms with Gasteiger partial charge in [0.15, 0.2) is 9.84 Å².